The lowest BCUT2D eigenvalue weighted by atomic mass is 10.2. The summed E-state index contributed by atoms with van der Waals surface area (Å²) in [4.78, 5) is 17.8. The first-order valence-corrected chi connectivity index (χ1v) is 6.08. The number of carbonyl (C=O) groups is 1. The van der Waals surface area contributed by atoms with Gasteiger partial charge in [0, 0.05) is 11.9 Å². The Bertz CT molecular complexity index is 355. The summed E-state index contributed by atoms with van der Waals surface area (Å²) in [5, 5.41) is 10.8. The highest BCUT2D eigenvalue weighted by atomic mass is 32.1. The number of rotatable bonds is 2. The zero-order chi connectivity index (χ0) is 11.5. The molecule has 1 aromatic rings. The molecule has 0 bridgehead atoms. The maximum Gasteiger partial charge on any atom is 0.273 e. The highest BCUT2D eigenvalue weighted by Crippen LogP contribution is 2.15. The lowest BCUT2D eigenvalue weighted by Gasteiger charge is -2.37. The third-order valence-electron chi connectivity index (χ3n) is 2.62. The van der Waals surface area contributed by atoms with Gasteiger partial charge in [-0.25, -0.2) is 4.98 Å². The Labute approximate surface area is 97.7 Å². The first-order valence-electron chi connectivity index (χ1n) is 5.14. The number of morpholine rings is 1. The Kier molecular flexibility index (Phi) is 3.52. The van der Waals surface area contributed by atoms with Gasteiger partial charge in [-0.15, -0.1) is 11.3 Å². The monoisotopic (exact) mass is 242 g/mol. The first-order chi connectivity index (χ1) is 7.72. The minimum Gasteiger partial charge on any atom is -0.394 e. The average molecular weight is 242 g/mol. The van der Waals surface area contributed by atoms with Crippen LogP contribution in [0.5, 0.6) is 0 Å². The van der Waals surface area contributed by atoms with Crippen molar-refractivity contribution in [3.8, 4) is 0 Å². The molecule has 1 aliphatic heterocycles. The summed E-state index contributed by atoms with van der Waals surface area (Å²) < 4.78 is 5.38. The average Bonchev–Trinajstić information content (AvgIpc) is 2.82. The minimum atomic E-state index is -0.279. The van der Waals surface area contributed by atoms with E-state index in [1.54, 1.807) is 15.8 Å². The fraction of sp³-hybridized carbons (Fsp3) is 0.600. The zero-order valence-corrected chi connectivity index (χ0v) is 9.81. The molecule has 2 unspecified atom stereocenters. The molecule has 16 heavy (non-hydrogen) atoms. The maximum absolute atomic E-state index is 12.1. The Morgan fingerprint density at radius 3 is 3.25 bits per heavy atom. The number of hydrogen-bond acceptors (Lipinski definition) is 5. The van der Waals surface area contributed by atoms with Gasteiger partial charge < -0.3 is 14.7 Å². The Morgan fingerprint density at radius 2 is 2.62 bits per heavy atom. The molecular weight excluding hydrogens is 228 g/mol. The van der Waals surface area contributed by atoms with E-state index >= 15 is 0 Å². The molecule has 1 N–H and O–H groups in total. The molecular formula is C10H14N2O3S. The van der Waals surface area contributed by atoms with Gasteiger partial charge in [-0.3, -0.25) is 4.79 Å². The van der Waals surface area contributed by atoms with Crippen molar-refractivity contribution in [2.24, 2.45) is 0 Å². The Hall–Kier alpha value is -0.980. The van der Waals surface area contributed by atoms with E-state index in [2.05, 4.69) is 4.98 Å². The van der Waals surface area contributed by atoms with Crippen LogP contribution in [-0.4, -0.2) is 52.8 Å². The summed E-state index contributed by atoms with van der Waals surface area (Å²) in [7, 11) is 0. The fourth-order valence-electron chi connectivity index (χ4n) is 1.68. The molecule has 2 rings (SSSR count). The lowest BCUT2D eigenvalue weighted by Crippen LogP contribution is -2.52. The zero-order valence-electron chi connectivity index (χ0n) is 9.00. The molecule has 1 fully saturated rings. The van der Waals surface area contributed by atoms with Crippen molar-refractivity contribution < 1.29 is 14.6 Å². The van der Waals surface area contributed by atoms with Crippen LogP contribution in [0.15, 0.2) is 10.9 Å². The van der Waals surface area contributed by atoms with Crippen LogP contribution in [0.25, 0.3) is 0 Å². The van der Waals surface area contributed by atoms with E-state index in [1.165, 1.54) is 11.3 Å². The maximum atomic E-state index is 12.1. The normalized spacial score (nSPS) is 25.8. The third kappa shape index (κ3) is 2.23. The number of nitrogens with zero attached hydrogens (tertiary/aromatic N) is 2. The molecule has 2 atom stereocenters. The smallest absolute Gasteiger partial charge is 0.273 e. The summed E-state index contributed by atoms with van der Waals surface area (Å²) in [5.74, 6) is -0.0875. The molecule has 1 amide bonds. The minimum absolute atomic E-state index is 0.0250. The van der Waals surface area contributed by atoms with Gasteiger partial charge in [0.05, 0.1) is 30.9 Å². The highest BCUT2D eigenvalue weighted by molar-refractivity contribution is 7.07. The van der Waals surface area contributed by atoms with Crippen molar-refractivity contribution in [2.45, 2.75) is 19.1 Å². The van der Waals surface area contributed by atoms with Gasteiger partial charge in [-0.1, -0.05) is 0 Å². The second kappa shape index (κ2) is 4.90. The summed E-state index contributed by atoms with van der Waals surface area (Å²) in [5.41, 5.74) is 2.11. The topological polar surface area (TPSA) is 62.7 Å². The number of ether oxygens (including phenoxy) is 1. The summed E-state index contributed by atoms with van der Waals surface area (Å²) >= 11 is 1.40. The van der Waals surface area contributed by atoms with Gasteiger partial charge >= 0.3 is 0 Å². The molecule has 1 aliphatic rings. The second-order valence-electron chi connectivity index (χ2n) is 3.82. The molecule has 5 nitrogen and oxygen atoms in total. The number of aromatic nitrogens is 1. The summed E-state index contributed by atoms with van der Waals surface area (Å²) in [6.07, 6.45) is -0.279. The largest absolute Gasteiger partial charge is 0.394 e. The van der Waals surface area contributed by atoms with E-state index in [1.807, 2.05) is 6.92 Å². The first kappa shape index (κ1) is 11.5. The van der Waals surface area contributed by atoms with E-state index in [4.69, 9.17) is 9.84 Å². The molecule has 0 spiro atoms. The van der Waals surface area contributed by atoms with Crippen LogP contribution in [0.1, 0.15) is 17.4 Å². The quantitative estimate of drug-likeness (QED) is 0.813. The van der Waals surface area contributed by atoms with Gasteiger partial charge in [-0.05, 0) is 6.92 Å². The number of amides is 1. The van der Waals surface area contributed by atoms with Crippen LogP contribution in [-0.2, 0) is 4.74 Å². The van der Waals surface area contributed by atoms with E-state index in [-0.39, 0.29) is 24.7 Å². The van der Waals surface area contributed by atoms with Crippen LogP contribution >= 0.6 is 11.3 Å². The highest BCUT2D eigenvalue weighted by Gasteiger charge is 2.30. The van der Waals surface area contributed by atoms with Gasteiger partial charge in [0.2, 0.25) is 0 Å². The molecule has 1 aromatic heterocycles. The van der Waals surface area contributed by atoms with Crippen LogP contribution in [0.4, 0.5) is 0 Å². The molecule has 2 heterocycles. The molecule has 0 aromatic carbocycles. The van der Waals surface area contributed by atoms with E-state index in [0.717, 1.165) is 0 Å². The summed E-state index contributed by atoms with van der Waals surface area (Å²) in [6.45, 7) is 2.75. The predicted octanol–water partition coefficient (Wildman–Crippen LogP) is 0.365. The van der Waals surface area contributed by atoms with Gasteiger partial charge in [0.1, 0.15) is 5.69 Å². The van der Waals surface area contributed by atoms with Gasteiger partial charge in [0.25, 0.3) is 5.91 Å². The lowest BCUT2D eigenvalue weighted by molar-refractivity contribution is -0.0668. The van der Waals surface area contributed by atoms with Gasteiger partial charge in [-0.2, -0.15) is 0 Å². The number of aliphatic hydroxyl groups is 1. The van der Waals surface area contributed by atoms with E-state index < -0.39 is 0 Å². The number of thiazole rings is 1. The van der Waals surface area contributed by atoms with Crippen LogP contribution in [0, 0.1) is 0 Å². The van der Waals surface area contributed by atoms with E-state index in [0.29, 0.717) is 18.8 Å². The molecule has 0 radical (unpaired) electrons. The summed E-state index contributed by atoms with van der Waals surface area (Å²) in [6, 6.07) is 0.0250. The Morgan fingerprint density at radius 1 is 1.81 bits per heavy atom. The van der Waals surface area contributed by atoms with Crippen LogP contribution < -0.4 is 0 Å². The second-order valence-corrected chi connectivity index (χ2v) is 4.54. The number of aliphatic hydroxyl groups excluding tert-OH is 1. The molecule has 0 saturated carbocycles. The fourth-order valence-corrected chi connectivity index (χ4v) is 2.20. The van der Waals surface area contributed by atoms with Crippen molar-refractivity contribution in [3.05, 3.63) is 16.6 Å². The van der Waals surface area contributed by atoms with Crippen LogP contribution in [0.2, 0.25) is 0 Å². The Balaban J connectivity index is 2.09. The number of carbonyl (C=O) groups excluding carboxylic acids is 1. The predicted molar refractivity (Wildman–Crippen MR) is 59.4 cm³/mol. The van der Waals surface area contributed by atoms with Crippen molar-refractivity contribution in [3.63, 3.8) is 0 Å². The van der Waals surface area contributed by atoms with Crippen LogP contribution in [0.3, 0.4) is 0 Å². The molecule has 1 saturated heterocycles. The van der Waals surface area contributed by atoms with E-state index in [9.17, 15) is 4.79 Å². The van der Waals surface area contributed by atoms with Crippen molar-refractivity contribution in [2.75, 3.05) is 19.8 Å². The molecule has 0 aliphatic carbocycles. The standard InChI is InChI=1S/C10H14N2O3S/c1-7-4-15-8(3-13)2-12(7)10(14)9-5-16-6-11-9/h5-8,13H,2-4H2,1H3. The molecule has 6 heteroatoms. The molecule has 88 valence electrons. The third-order valence-corrected chi connectivity index (χ3v) is 3.21. The van der Waals surface area contributed by atoms with Crippen molar-refractivity contribution in [1.29, 1.82) is 0 Å². The number of hydrogen-bond donors (Lipinski definition) is 1. The van der Waals surface area contributed by atoms with Crippen molar-refractivity contribution >= 4 is 17.2 Å². The van der Waals surface area contributed by atoms with Crippen molar-refractivity contribution in [1.82, 2.24) is 9.88 Å². The SMILES string of the molecule is CC1COC(CO)CN1C(=O)c1cscn1. The van der Waals surface area contributed by atoms with Gasteiger partial charge in [0.15, 0.2) is 0 Å².